The SMILES string of the molecule is COC(=O)c1c([O-])c(-[n+]2ccc3ccccc3c2)c(=O)n2c1CCCC2. The maximum absolute atomic E-state index is 13.1. The Balaban J connectivity index is 2.04. The lowest BCUT2D eigenvalue weighted by atomic mass is 10.0. The number of pyridine rings is 2. The van der Waals surface area contributed by atoms with E-state index in [2.05, 4.69) is 0 Å². The minimum Gasteiger partial charge on any atom is -0.867 e. The van der Waals surface area contributed by atoms with Crippen molar-refractivity contribution in [1.82, 2.24) is 4.57 Å². The summed E-state index contributed by atoms with van der Waals surface area (Å²) in [6, 6.07) is 9.53. The Morgan fingerprint density at radius 2 is 1.96 bits per heavy atom. The summed E-state index contributed by atoms with van der Waals surface area (Å²) in [5.74, 6) is -1.27. The van der Waals surface area contributed by atoms with Crippen LogP contribution in [0.5, 0.6) is 5.75 Å². The van der Waals surface area contributed by atoms with Crippen LogP contribution < -0.4 is 15.2 Å². The van der Waals surface area contributed by atoms with Gasteiger partial charge in [0.2, 0.25) is 0 Å². The molecule has 2 aromatic heterocycles. The highest BCUT2D eigenvalue weighted by atomic mass is 16.5. The molecule has 0 saturated heterocycles. The highest BCUT2D eigenvalue weighted by Gasteiger charge is 2.28. The molecule has 6 nitrogen and oxygen atoms in total. The van der Waals surface area contributed by atoms with Crippen LogP contribution in [0.2, 0.25) is 0 Å². The third kappa shape index (κ3) is 2.45. The molecule has 3 aromatic rings. The van der Waals surface area contributed by atoms with E-state index in [-0.39, 0.29) is 16.8 Å². The van der Waals surface area contributed by atoms with Gasteiger partial charge in [0.25, 0.3) is 5.69 Å². The number of aromatic nitrogens is 2. The van der Waals surface area contributed by atoms with E-state index >= 15 is 0 Å². The Morgan fingerprint density at radius 3 is 2.73 bits per heavy atom. The predicted octanol–water partition coefficient (Wildman–Crippen LogP) is 1.47. The van der Waals surface area contributed by atoms with Crippen LogP contribution in [0, 0.1) is 0 Å². The lowest BCUT2D eigenvalue weighted by Crippen LogP contribution is -2.43. The van der Waals surface area contributed by atoms with Crippen LogP contribution in [0.3, 0.4) is 0 Å². The normalized spacial score (nSPS) is 13.4. The molecule has 6 heteroatoms. The van der Waals surface area contributed by atoms with Crippen LogP contribution in [-0.2, 0) is 17.7 Å². The molecule has 0 atom stereocenters. The maximum atomic E-state index is 13.1. The molecule has 26 heavy (non-hydrogen) atoms. The molecular formula is C20H18N2O4. The number of carbonyl (C=O) groups excluding carboxylic acids is 1. The summed E-state index contributed by atoms with van der Waals surface area (Å²) in [5.41, 5.74) is 0.0603. The van der Waals surface area contributed by atoms with E-state index < -0.39 is 11.7 Å². The quantitative estimate of drug-likeness (QED) is 0.518. The zero-order chi connectivity index (χ0) is 18.3. The molecular weight excluding hydrogens is 332 g/mol. The van der Waals surface area contributed by atoms with Gasteiger partial charge >= 0.3 is 11.5 Å². The smallest absolute Gasteiger partial charge is 0.339 e. The fourth-order valence-corrected chi connectivity index (χ4v) is 3.60. The van der Waals surface area contributed by atoms with E-state index in [1.54, 1.807) is 17.0 Å². The molecule has 4 rings (SSSR count). The van der Waals surface area contributed by atoms with Crippen LogP contribution in [0.15, 0.2) is 47.5 Å². The van der Waals surface area contributed by atoms with Gasteiger partial charge in [0, 0.05) is 23.7 Å². The molecule has 0 amide bonds. The van der Waals surface area contributed by atoms with Crippen LogP contribution >= 0.6 is 0 Å². The van der Waals surface area contributed by atoms with Crippen molar-refractivity contribution < 1.29 is 19.2 Å². The summed E-state index contributed by atoms with van der Waals surface area (Å²) in [6.45, 7) is 0.500. The zero-order valence-electron chi connectivity index (χ0n) is 14.4. The van der Waals surface area contributed by atoms with Crippen molar-refractivity contribution in [3.05, 3.63) is 64.3 Å². The number of ether oxygens (including phenoxy) is 1. The molecule has 3 heterocycles. The standard InChI is InChI=1S/C20H18N2O4/c1-26-20(25)16-15-8-4-5-10-22(15)19(24)17(18(16)23)21-11-9-13-6-2-3-7-14(13)12-21/h2-3,6-7,9,11-12H,4-5,8,10H2,1H3. The summed E-state index contributed by atoms with van der Waals surface area (Å²) in [7, 11) is 1.25. The number of fused-ring (bicyclic) bond motifs is 2. The van der Waals surface area contributed by atoms with Gasteiger partial charge in [0.1, 0.15) is 0 Å². The third-order valence-corrected chi connectivity index (χ3v) is 4.89. The first-order chi connectivity index (χ1) is 12.6. The number of methoxy groups -OCH3 is 1. The second-order valence-corrected chi connectivity index (χ2v) is 6.39. The summed E-state index contributed by atoms with van der Waals surface area (Å²) in [4.78, 5) is 25.3. The average Bonchev–Trinajstić information content (AvgIpc) is 2.68. The van der Waals surface area contributed by atoms with Gasteiger partial charge in [-0.2, -0.15) is 4.57 Å². The van der Waals surface area contributed by atoms with Gasteiger partial charge in [-0.1, -0.05) is 18.2 Å². The van der Waals surface area contributed by atoms with E-state index in [0.717, 1.165) is 23.6 Å². The molecule has 1 aromatic carbocycles. The van der Waals surface area contributed by atoms with Crippen LogP contribution in [0.25, 0.3) is 16.5 Å². The monoisotopic (exact) mass is 350 g/mol. The van der Waals surface area contributed by atoms with E-state index in [0.29, 0.717) is 18.7 Å². The lowest BCUT2D eigenvalue weighted by Gasteiger charge is -2.24. The first-order valence-electron chi connectivity index (χ1n) is 8.57. The number of nitrogens with zero attached hydrogens (tertiary/aromatic N) is 2. The van der Waals surface area contributed by atoms with Gasteiger partial charge in [-0.05, 0) is 36.5 Å². The molecule has 0 bridgehead atoms. The van der Waals surface area contributed by atoms with Crippen molar-refractivity contribution in [3.63, 3.8) is 0 Å². The molecule has 0 saturated carbocycles. The Bertz CT molecular complexity index is 1090. The Morgan fingerprint density at radius 1 is 1.19 bits per heavy atom. The second-order valence-electron chi connectivity index (χ2n) is 6.39. The van der Waals surface area contributed by atoms with Crippen molar-refractivity contribution in [2.45, 2.75) is 25.8 Å². The fraction of sp³-hybridized carbons (Fsp3) is 0.250. The molecule has 0 spiro atoms. The summed E-state index contributed by atoms with van der Waals surface area (Å²) >= 11 is 0. The zero-order valence-corrected chi connectivity index (χ0v) is 14.4. The Hall–Kier alpha value is -3.15. The molecule has 0 fully saturated rings. The molecule has 0 radical (unpaired) electrons. The number of carbonyl (C=O) groups is 1. The number of benzene rings is 1. The van der Waals surface area contributed by atoms with Crippen molar-refractivity contribution >= 4 is 16.7 Å². The second kappa shape index (κ2) is 6.29. The molecule has 0 N–H and O–H groups in total. The first kappa shape index (κ1) is 16.3. The van der Waals surface area contributed by atoms with E-state index in [9.17, 15) is 14.7 Å². The number of hydrogen-bond donors (Lipinski definition) is 0. The maximum Gasteiger partial charge on any atom is 0.339 e. The molecule has 1 aliphatic heterocycles. The average molecular weight is 350 g/mol. The van der Waals surface area contributed by atoms with Gasteiger partial charge in [-0.15, -0.1) is 0 Å². The van der Waals surface area contributed by atoms with Crippen molar-refractivity contribution in [2.24, 2.45) is 0 Å². The van der Waals surface area contributed by atoms with Gasteiger partial charge in [0.05, 0.1) is 12.7 Å². The van der Waals surface area contributed by atoms with Crippen LogP contribution in [0.4, 0.5) is 0 Å². The minimum absolute atomic E-state index is 0.0255. The van der Waals surface area contributed by atoms with Crippen molar-refractivity contribution in [2.75, 3.05) is 7.11 Å². The topological polar surface area (TPSA) is 75.2 Å². The first-order valence-corrected chi connectivity index (χ1v) is 8.57. The highest BCUT2D eigenvalue weighted by molar-refractivity contribution is 5.94. The molecule has 0 unspecified atom stereocenters. The largest absolute Gasteiger partial charge is 0.867 e. The van der Waals surface area contributed by atoms with Gasteiger partial charge < -0.3 is 14.4 Å². The van der Waals surface area contributed by atoms with Crippen LogP contribution in [-0.4, -0.2) is 17.6 Å². The van der Waals surface area contributed by atoms with Crippen molar-refractivity contribution in [3.8, 4) is 11.4 Å². The Kier molecular flexibility index (Phi) is 3.95. The lowest BCUT2D eigenvalue weighted by molar-refractivity contribution is -0.599. The third-order valence-electron chi connectivity index (χ3n) is 4.89. The summed E-state index contributed by atoms with van der Waals surface area (Å²) in [6.07, 6.45) is 5.62. The minimum atomic E-state index is -0.691. The van der Waals surface area contributed by atoms with E-state index in [4.69, 9.17) is 4.74 Å². The van der Waals surface area contributed by atoms with Crippen LogP contribution in [0.1, 0.15) is 28.9 Å². The summed E-state index contributed by atoms with van der Waals surface area (Å²) < 4.78 is 7.89. The van der Waals surface area contributed by atoms with Gasteiger partial charge in [0.15, 0.2) is 12.4 Å². The number of hydrogen-bond acceptors (Lipinski definition) is 4. The van der Waals surface area contributed by atoms with E-state index in [1.807, 2.05) is 30.3 Å². The highest BCUT2D eigenvalue weighted by Crippen LogP contribution is 2.26. The number of rotatable bonds is 2. The predicted molar refractivity (Wildman–Crippen MR) is 93.5 cm³/mol. The molecule has 1 aliphatic rings. The van der Waals surface area contributed by atoms with Gasteiger partial charge in [-0.3, -0.25) is 4.79 Å². The molecule has 132 valence electrons. The molecule has 0 aliphatic carbocycles. The number of esters is 1. The summed E-state index contributed by atoms with van der Waals surface area (Å²) in [5, 5.41) is 15.0. The van der Waals surface area contributed by atoms with Gasteiger partial charge in [-0.25, -0.2) is 4.79 Å². The van der Waals surface area contributed by atoms with E-state index in [1.165, 1.54) is 11.7 Å². The fourth-order valence-electron chi connectivity index (χ4n) is 3.60. The van der Waals surface area contributed by atoms with Crippen molar-refractivity contribution in [1.29, 1.82) is 0 Å². The Labute approximate surface area is 149 Å².